The van der Waals surface area contributed by atoms with Crippen molar-refractivity contribution in [2.24, 2.45) is 7.05 Å². The van der Waals surface area contributed by atoms with Gasteiger partial charge in [0, 0.05) is 30.9 Å². The van der Waals surface area contributed by atoms with Gasteiger partial charge in [0.15, 0.2) is 0 Å². The Labute approximate surface area is 151 Å². The van der Waals surface area contributed by atoms with E-state index in [4.69, 9.17) is 11.6 Å². The van der Waals surface area contributed by atoms with Crippen LogP contribution in [0, 0.1) is 13.8 Å². The van der Waals surface area contributed by atoms with Crippen LogP contribution in [0.4, 0.5) is 0 Å². The molecule has 3 aromatic rings. The van der Waals surface area contributed by atoms with Crippen LogP contribution < -0.4 is 5.32 Å². The Balaban J connectivity index is 1.63. The predicted molar refractivity (Wildman–Crippen MR) is 96.6 cm³/mol. The predicted octanol–water partition coefficient (Wildman–Crippen LogP) is 2.87. The fourth-order valence-electron chi connectivity index (χ4n) is 2.61. The van der Waals surface area contributed by atoms with E-state index in [1.807, 2.05) is 56.0 Å². The molecule has 7 heteroatoms. The van der Waals surface area contributed by atoms with Crippen molar-refractivity contribution in [1.29, 1.82) is 0 Å². The molecule has 0 spiro atoms. The highest BCUT2D eigenvalue weighted by Gasteiger charge is 2.10. The van der Waals surface area contributed by atoms with Gasteiger partial charge in [-0.3, -0.25) is 14.2 Å². The maximum absolute atomic E-state index is 12.2. The summed E-state index contributed by atoms with van der Waals surface area (Å²) in [4.78, 5) is 12.2. The maximum Gasteiger partial charge on any atom is 0.251 e. The first kappa shape index (κ1) is 17.2. The molecule has 0 aliphatic heterocycles. The van der Waals surface area contributed by atoms with Crippen molar-refractivity contribution in [3.8, 4) is 0 Å². The van der Waals surface area contributed by atoms with E-state index < -0.39 is 0 Å². The lowest BCUT2D eigenvalue weighted by molar-refractivity contribution is 0.0951. The minimum Gasteiger partial charge on any atom is -0.348 e. The Morgan fingerprint density at radius 1 is 1.20 bits per heavy atom. The molecule has 0 atom stereocenters. The highest BCUT2D eigenvalue weighted by Crippen LogP contribution is 2.20. The van der Waals surface area contributed by atoms with E-state index in [1.165, 1.54) is 0 Å². The van der Waals surface area contributed by atoms with E-state index >= 15 is 0 Å². The molecular formula is C18H20ClN5O. The van der Waals surface area contributed by atoms with Crippen LogP contribution in [-0.4, -0.2) is 25.5 Å². The van der Waals surface area contributed by atoms with Gasteiger partial charge < -0.3 is 5.32 Å². The number of carbonyl (C=O) groups is 1. The minimum atomic E-state index is -0.107. The maximum atomic E-state index is 12.2. The molecule has 0 radical (unpaired) electrons. The summed E-state index contributed by atoms with van der Waals surface area (Å²) in [6.45, 7) is 4.92. The van der Waals surface area contributed by atoms with Gasteiger partial charge >= 0.3 is 0 Å². The van der Waals surface area contributed by atoms with Crippen LogP contribution in [0.3, 0.4) is 0 Å². The number of benzene rings is 1. The molecule has 0 unspecified atom stereocenters. The summed E-state index contributed by atoms with van der Waals surface area (Å²) in [6.07, 6.45) is 3.62. The number of hydrogen-bond acceptors (Lipinski definition) is 3. The molecule has 6 nitrogen and oxygen atoms in total. The van der Waals surface area contributed by atoms with E-state index in [1.54, 1.807) is 10.9 Å². The van der Waals surface area contributed by atoms with Crippen LogP contribution in [-0.2, 0) is 20.1 Å². The van der Waals surface area contributed by atoms with Crippen molar-refractivity contribution in [2.75, 3.05) is 0 Å². The highest BCUT2D eigenvalue weighted by atomic mass is 35.5. The zero-order valence-electron chi connectivity index (χ0n) is 14.5. The first-order chi connectivity index (χ1) is 11.9. The van der Waals surface area contributed by atoms with Crippen LogP contribution in [0.5, 0.6) is 0 Å². The SMILES string of the molecule is Cc1nn(Cc2ccc(C(=O)NCc3cnn(C)c3)cc2)c(C)c1Cl. The minimum absolute atomic E-state index is 0.107. The number of halogens is 1. The molecule has 0 fully saturated rings. The molecule has 1 aromatic carbocycles. The standard InChI is InChI=1S/C18H20ClN5O/c1-12-17(19)13(2)24(22-12)11-14-4-6-16(7-5-14)18(25)20-8-15-9-21-23(3)10-15/h4-7,9-10H,8,11H2,1-3H3,(H,20,25). The van der Waals surface area contributed by atoms with E-state index in [2.05, 4.69) is 15.5 Å². The molecule has 1 amide bonds. The lowest BCUT2D eigenvalue weighted by Crippen LogP contribution is -2.22. The monoisotopic (exact) mass is 357 g/mol. The van der Waals surface area contributed by atoms with Crippen LogP contribution >= 0.6 is 11.6 Å². The van der Waals surface area contributed by atoms with E-state index in [9.17, 15) is 4.79 Å². The number of aryl methyl sites for hydroxylation is 2. The average molecular weight is 358 g/mol. The second-order valence-corrected chi connectivity index (χ2v) is 6.42. The second kappa shape index (κ2) is 7.11. The summed E-state index contributed by atoms with van der Waals surface area (Å²) >= 11 is 6.18. The lowest BCUT2D eigenvalue weighted by Gasteiger charge is -2.07. The summed E-state index contributed by atoms with van der Waals surface area (Å²) in [5.74, 6) is -0.107. The summed E-state index contributed by atoms with van der Waals surface area (Å²) in [5.41, 5.74) is 4.42. The fraction of sp³-hybridized carbons (Fsp3) is 0.278. The van der Waals surface area contributed by atoms with Gasteiger partial charge in [0.2, 0.25) is 0 Å². The number of amides is 1. The zero-order chi connectivity index (χ0) is 18.0. The third kappa shape index (κ3) is 3.91. The summed E-state index contributed by atoms with van der Waals surface area (Å²) in [5, 5.41) is 12.1. The van der Waals surface area contributed by atoms with Crippen molar-refractivity contribution in [3.05, 3.63) is 69.8 Å². The number of hydrogen-bond donors (Lipinski definition) is 1. The van der Waals surface area contributed by atoms with Gasteiger partial charge in [-0.15, -0.1) is 0 Å². The van der Waals surface area contributed by atoms with Crippen LogP contribution in [0.1, 0.15) is 32.9 Å². The normalized spacial score (nSPS) is 10.9. The topological polar surface area (TPSA) is 64.7 Å². The number of nitrogens with one attached hydrogen (secondary N) is 1. The molecule has 2 heterocycles. The Kier molecular flexibility index (Phi) is 4.90. The molecule has 0 saturated carbocycles. The Morgan fingerprint density at radius 2 is 1.92 bits per heavy atom. The number of rotatable bonds is 5. The van der Waals surface area contributed by atoms with E-state index in [0.717, 1.165) is 22.5 Å². The molecule has 130 valence electrons. The highest BCUT2D eigenvalue weighted by molar-refractivity contribution is 6.31. The number of aromatic nitrogens is 4. The third-order valence-electron chi connectivity index (χ3n) is 4.05. The molecule has 0 aliphatic carbocycles. The first-order valence-electron chi connectivity index (χ1n) is 7.98. The van der Waals surface area contributed by atoms with Gasteiger partial charge in [0.05, 0.1) is 29.2 Å². The van der Waals surface area contributed by atoms with E-state index in [0.29, 0.717) is 23.7 Å². The molecule has 2 aromatic heterocycles. The third-order valence-corrected chi connectivity index (χ3v) is 4.60. The molecule has 0 saturated heterocycles. The van der Waals surface area contributed by atoms with Crippen LogP contribution in [0.2, 0.25) is 5.02 Å². The quantitative estimate of drug-likeness (QED) is 0.763. The summed E-state index contributed by atoms with van der Waals surface area (Å²) in [6, 6.07) is 7.51. The van der Waals surface area contributed by atoms with Crippen molar-refractivity contribution in [3.63, 3.8) is 0 Å². The molecule has 0 bridgehead atoms. The number of carbonyl (C=O) groups excluding carboxylic acids is 1. The molecular weight excluding hydrogens is 338 g/mol. The summed E-state index contributed by atoms with van der Waals surface area (Å²) in [7, 11) is 1.85. The van der Waals surface area contributed by atoms with Gasteiger partial charge in [-0.1, -0.05) is 23.7 Å². The largest absolute Gasteiger partial charge is 0.348 e. The molecule has 3 rings (SSSR count). The Hall–Kier alpha value is -2.60. The smallest absolute Gasteiger partial charge is 0.251 e. The van der Waals surface area contributed by atoms with Crippen molar-refractivity contribution < 1.29 is 4.79 Å². The van der Waals surface area contributed by atoms with Gasteiger partial charge in [0.1, 0.15) is 0 Å². The first-order valence-corrected chi connectivity index (χ1v) is 8.36. The van der Waals surface area contributed by atoms with Gasteiger partial charge in [-0.2, -0.15) is 10.2 Å². The Bertz CT molecular complexity index is 895. The van der Waals surface area contributed by atoms with Gasteiger partial charge in [-0.05, 0) is 31.5 Å². The van der Waals surface area contributed by atoms with Gasteiger partial charge in [0.25, 0.3) is 5.91 Å². The van der Waals surface area contributed by atoms with Crippen LogP contribution in [0.25, 0.3) is 0 Å². The number of nitrogens with zero attached hydrogens (tertiary/aromatic N) is 4. The lowest BCUT2D eigenvalue weighted by atomic mass is 10.1. The zero-order valence-corrected chi connectivity index (χ0v) is 15.2. The molecule has 25 heavy (non-hydrogen) atoms. The van der Waals surface area contributed by atoms with Crippen molar-refractivity contribution in [1.82, 2.24) is 24.9 Å². The molecule has 1 N–H and O–H groups in total. The van der Waals surface area contributed by atoms with Crippen LogP contribution in [0.15, 0.2) is 36.7 Å². The van der Waals surface area contributed by atoms with E-state index in [-0.39, 0.29) is 5.91 Å². The van der Waals surface area contributed by atoms with Crippen molar-refractivity contribution >= 4 is 17.5 Å². The fourth-order valence-corrected chi connectivity index (χ4v) is 2.75. The summed E-state index contributed by atoms with van der Waals surface area (Å²) < 4.78 is 3.58. The van der Waals surface area contributed by atoms with Crippen molar-refractivity contribution in [2.45, 2.75) is 26.9 Å². The average Bonchev–Trinajstić information content (AvgIpc) is 3.12. The Morgan fingerprint density at radius 3 is 2.48 bits per heavy atom. The molecule has 0 aliphatic rings. The second-order valence-electron chi connectivity index (χ2n) is 6.04. The van der Waals surface area contributed by atoms with Gasteiger partial charge in [-0.25, -0.2) is 0 Å².